The highest BCUT2D eigenvalue weighted by atomic mass is 16.2. The molecule has 1 fully saturated rings. The van der Waals surface area contributed by atoms with Gasteiger partial charge in [-0.3, -0.25) is 24.6 Å². The van der Waals surface area contributed by atoms with E-state index in [1.165, 1.54) is 16.7 Å². The SMILES string of the molecule is CC(=O)N(CCC(N)=O)CN1CC(=O)NC1=O. The molecule has 17 heavy (non-hydrogen) atoms. The van der Waals surface area contributed by atoms with Gasteiger partial charge in [0.2, 0.25) is 17.7 Å². The maximum atomic E-state index is 11.3. The monoisotopic (exact) mass is 242 g/mol. The van der Waals surface area contributed by atoms with Gasteiger partial charge in [-0.25, -0.2) is 4.79 Å². The van der Waals surface area contributed by atoms with Gasteiger partial charge < -0.3 is 10.6 Å². The minimum Gasteiger partial charge on any atom is -0.370 e. The third-order valence-corrected chi connectivity index (χ3v) is 2.28. The molecule has 1 heterocycles. The molecule has 8 nitrogen and oxygen atoms in total. The molecule has 0 aromatic rings. The number of nitrogens with one attached hydrogen (secondary N) is 1. The minimum atomic E-state index is -0.541. The number of amides is 5. The summed E-state index contributed by atoms with van der Waals surface area (Å²) < 4.78 is 0. The molecule has 8 heteroatoms. The van der Waals surface area contributed by atoms with Crippen molar-refractivity contribution < 1.29 is 19.2 Å². The molecule has 0 aromatic heterocycles. The Bertz CT molecular complexity index is 368. The molecule has 0 unspecified atom stereocenters. The van der Waals surface area contributed by atoms with Gasteiger partial charge in [-0.2, -0.15) is 0 Å². The molecule has 0 bridgehead atoms. The van der Waals surface area contributed by atoms with E-state index in [0.29, 0.717) is 0 Å². The van der Waals surface area contributed by atoms with Gasteiger partial charge in [-0.15, -0.1) is 0 Å². The zero-order valence-electron chi connectivity index (χ0n) is 9.43. The molecule has 1 rings (SSSR count). The Kier molecular flexibility index (Phi) is 4.02. The fourth-order valence-corrected chi connectivity index (χ4v) is 1.38. The quantitative estimate of drug-likeness (QED) is 0.555. The van der Waals surface area contributed by atoms with Crippen LogP contribution in [0.1, 0.15) is 13.3 Å². The van der Waals surface area contributed by atoms with Crippen molar-refractivity contribution in [2.24, 2.45) is 5.73 Å². The Labute approximate surface area is 97.7 Å². The van der Waals surface area contributed by atoms with Gasteiger partial charge in [0.1, 0.15) is 6.54 Å². The van der Waals surface area contributed by atoms with Crippen molar-refractivity contribution in [1.29, 1.82) is 0 Å². The summed E-state index contributed by atoms with van der Waals surface area (Å²) in [5.41, 5.74) is 4.97. The van der Waals surface area contributed by atoms with E-state index in [-0.39, 0.29) is 32.1 Å². The average molecular weight is 242 g/mol. The highest BCUT2D eigenvalue weighted by Gasteiger charge is 2.28. The van der Waals surface area contributed by atoms with E-state index in [4.69, 9.17) is 5.73 Å². The summed E-state index contributed by atoms with van der Waals surface area (Å²) in [6.07, 6.45) is 0.0169. The van der Waals surface area contributed by atoms with Crippen LogP contribution in [-0.4, -0.2) is 53.3 Å². The van der Waals surface area contributed by atoms with Crippen LogP contribution >= 0.6 is 0 Å². The summed E-state index contributed by atoms with van der Waals surface area (Å²) in [6, 6.07) is -0.541. The largest absolute Gasteiger partial charge is 0.370 e. The number of carbonyl (C=O) groups excluding carboxylic acids is 4. The Morgan fingerprint density at radius 1 is 1.47 bits per heavy atom. The molecule has 0 aliphatic carbocycles. The second-order valence-electron chi connectivity index (χ2n) is 3.69. The zero-order valence-corrected chi connectivity index (χ0v) is 9.43. The van der Waals surface area contributed by atoms with Crippen LogP contribution in [0.5, 0.6) is 0 Å². The number of rotatable bonds is 5. The molecule has 1 aliphatic heterocycles. The van der Waals surface area contributed by atoms with Gasteiger partial charge in [-0.05, 0) is 0 Å². The maximum absolute atomic E-state index is 11.3. The molecule has 1 saturated heterocycles. The van der Waals surface area contributed by atoms with Crippen molar-refractivity contribution in [3.8, 4) is 0 Å². The number of urea groups is 1. The van der Waals surface area contributed by atoms with Gasteiger partial charge in [0.05, 0.1) is 6.67 Å². The van der Waals surface area contributed by atoms with Crippen LogP contribution in [0, 0.1) is 0 Å². The molecule has 5 amide bonds. The van der Waals surface area contributed by atoms with Crippen LogP contribution < -0.4 is 11.1 Å². The van der Waals surface area contributed by atoms with Gasteiger partial charge in [0.25, 0.3) is 0 Å². The van der Waals surface area contributed by atoms with Gasteiger partial charge in [0.15, 0.2) is 0 Å². The smallest absolute Gasteiger partial charge is 0.325 e. The van der Waals surface area contributed by atoms with Crippen LogP contribution in [0.2, 0.25) is 0 Å². The van der Waals surface area contributed by atoms with Gasteiger partial charge in [0, 0.05) is 19.9 Å². The van der Waals surface area contributed by atoms with E-state index in [2.05, 4.69) is 5.32 Å². The van der Waals surface area contributed by atoms with E-state index in [9.17, 15) is 19.2 Å². The first-order valence-corrected chi connectivity index (χ1v) is 5.02. The topological polar surface area (TPSA) is 113 Å². The summed E-state index contributed by atoms with van der Waals surface area (Å²) >= 11 is 0. The highest BCUT2D eigenvalue weighted by Crippen LogP contribution is 2.02. The maximum Gasteiger partial charge on any atom is 0.325 e. The molecule has 0 saturated carbocycles. The fraction of sp³-hybridized carbons (Fsp3) is 0.556. The molecular weight excluding hydrogens is 228 g/mol. The van der Waals surface area contributed by atoms with Crippen LogP contribution in [-0.2, 0) is 14.4 Å². The van der Waals surface area contributed by atoms with Crippen molar-refractivity contribution in [3.63, 3.8) is 0 Å². The predicted molar refractivity (Wildman–Crippen MR) is 56.3 cm³/mol. The summed E-state index contributed by atoms with van der Waals surface area (Å²) in [6.45, 7) is 1.33. The second-order valence-corrected chi connectivity index (χ2v) is 3.69. The lowest BCUT2D eigenvalue weighted by atomic mass is 10.3. The Morgan fingerprint density at radius 3 is 2.53 bits per heavy atom. The first-order valence-electron chi connectivity index (χ1n) is 5.02. The van der Waals surface area contributed by atoms with Crippen molar-refractivity contribution >= 4 is 23.8 Å². The zero-order chi connectivity index (χ0) is 13.0. The third kappa shape index (κ3) is 3.74. The molecule has 94 valence electrons. The van der Waals surface area contributed by atoms with Crippen molar-refractivity contribution in [1.82, 2.24) is 15.1 Å². The van der Waals surface area contributed by atoms with Gasteiger partial charge in [-0.1, -0.05) is 0 Å². The molecular formula is C9H14N4O4. The number of primary amides is 1. The summed E-state index contributed by atoms with van der Waals surface area (Å²) in [4.78, 5) is 46.5. The van der Waals surface area contributed by atoms with Crippen molar-refractivity contribution in [2.75, 3.05) is 19.8 Å². The Morgan fingerprint density at radius 2 is 2.12 bits per heavy atom. The lowest BCUT2D eigenvalue weighted by Gasteiger charge is -2.25. The Balaban J connectivity index is 2.54. The van der Waals surface area contributed by atoms with Crippen molar-refractivity contribution in [3.05, 3.63) is 0 Å². The van der Waals surface area contributed by atoms with E-state index >= 15 is 0 Å². The number of nitrogens with two attached hydrogens (primary N) is 1. The van der Waals surface area contributed by atoms with Crippen LogP contribution in [0.15, 0.2) is 0 Å². The van der Waals surface area contributed by atoms with Crippen LogP contribution in [0.3, 0.4) is 0 Å². The number of hydrogen-bond donors (Lipinski definition) is 2. The first-order chi connectivity index (χ1) is 7.90. The van der Waals surface area contributed by atoms with E-state index < -0.39 is 17.8 Å². The second kappa shape index (κ2) is 5.28. The number of imide groups is 1. The normalized spacial score (nSPS) is 14.8. The average Bonchev–Trinajstić information content (AvgIpc) is 2.51. The first kappa shape index (κ1) is 12.9. The predicted octanol–water partition coefficient (Wildman–Crippen LogP) is -1.78. The summed E-state index contributed by atoms with van der Waals surface area (Å²) in [7, 11) is 0. The van der Waals surface area contributed by atoms with Crippen LogP contribution in [0.4, 0.5) is 4.79 Å². The van der Waals surface area contributed by atoms with E-state index in [0.717, 1.165) is 0 Å². The highest BCUT2D eigenvalue weighted by molar-refractivity contribution is 6.01. The minimum absolute atomic E-state index is 0.0169. The summed E-state index contributed by atoms with van der Waals surface area (Å²) in [5.74, 6) is -1.23. The van der Waals surface area contributed by atoms with Gasteiger partial charge >= 0.3 is 6.03 Å². The lowest BCUT2D eigenvalue weighted by Crippen LogP contribution is -2.43. The number of carbonyl (C=O) groups is 4. The van der Waals surface area contributed by atoms with Crippen LogP contribution in [0.25, 0.3) is 0 Å². The van der Waals surface area contributed by atoms with E-state index in [1.54, 1.807) is 0 Å². The Hall–Kier alpha value is -2.12. The van der Waals surface area contributed by atoms with Crippen molar-refractivity contribution in [2.45, 2.75) is 13.3 Å². The molecule has 0 atom stereocenters. The molecule has 1 aliphatic rings. The molecule has 3 N–H and O–H groups in total. The summed E-state index contributed by atoms with van der Waals surface area (Å²) in [5, 5.41) is 2.09. The number of hydrogen-bond acceptors (Lipinski definition) is 4. The lowest BCUT2D eigenvalue weighted by molar-refractivity contribution is -0.131. The molecule has 0 aromatic carbocycles. The molecule has 0 radical (unpaired) electrons. The molecule has 0 spiro atoms. The van der Waals surface area contributed by atoms with E-state index in [1.807, 2.05) is 0 Å². The fourth-order valence-electron chi connectivity index (χ4n) is 1.38. The third-order valence-electron chi connectivity index (χ3n) is 2.28. The standard InChI is InChI=1S/C9H14N4O4/c1-6(14)12(3-2-7(10)15)5-13-4-8(16)11-9(13)17/h2-5H2,1H3,(H2,10,15)(H,11,16,17). The number of nitrogens with zero attached hydrogens (tertiary/aromatic N) is 2.